The van der Waals surface area contributed by atoms with Crippen LogP contribution in [0.2, 0.25) is 0 Å². The standard InChI is InChI=1S/C21H23BrN2O/c1-2-7-21(25)23-13-12-16-14-24(20-11-6-4-9-18(16)20)15-17-8-3-5-10-19(17)22/h3-6,8-11,14H,2,7,12-13,15H2,1H3,(H,23,25). The van der Waals surface area contributed by atoms with Gasteiger partial charge in [-0.1, -0.05) is 59.3 Å². The zero-order valence-electron chi connectivity index (χ0n) is 14.5. The summed E-state index contributed by atoms with van der Waals surface area (Å²) in [5.41, 5.74) is 3.76. The second-order valence-electron chi connectivity index (χ2n) is 6.24. The minimum absolute atomic E-state index is 0.138. The molecule has 0 spiro atoms. The minimum atomic E-state index is 0.138. The number of amides is 1. The summed E-state index contributed by atoms with van der Waals surface area (Å²) in [5.74, 6) is 0.138. The topological polar surface area (TPSA) is 34.0 Å². The average molecular weight is 399 g/mol. The molecule has 3 nitrogen and oxygen atoms in total. The summed E-state index contributed by atoms with van der Waals surface area (Å²) in [6.45, 7) is 3.53. The van der Waals surface area contributed by atoms with E-state index in [0.29, 0.717) is 13.0 Å². The molecule has 1 heterocycles. The van der Waals surface area contributed by atoms with Crippen molar-refractivity contribution in [2.24, 2.45) is 0 Å². The molecular formula is C21H23BrN2O. The Hall–Kier alpha value is -2.07. The molecule has 0 atom stereocenters. The molecule has 0 radical (unpaired) electrons. The van der Waals surface area contributed by atoms with E-state index in [0.717, 1.165) is 23.9 Å². The smallest absolute Gasteiger partial charge is 0.219 e. The number of nitrogens with zero attached hydrogens (tertiary/aromatic N) is 1. The Labute approximate surface area is 157 Å². The molecule has 0 aliphatic rings. The van der Waals surface area contributed by atoms with Gasteiger partial charge in [-0.3, -0.25) is 4.79 Å². The Balaban J connectivity index is 1.81. The molecule has 130 valence electrons. The van der Waals surface area contributed by atoms with Crippen LogP contribution < -0.4 is 5.32 Å². The van der Waals surface area contributed by atoms with Crippen molar-refractivity contribution in [3.8, 4) is 0 Å². The van der Waals surface area contributed by atoms with E-state index in [2.05, 4.69) is 74.5 Å². The van der Waals surface area contributed by atoms with Gasteiger partial charge in [0.15, 0.2) is 0 Å². The van der Waals surface area contributed by atoms with Crippen molar-refractivity contribution in [1.29, 1.82) is 0 Å². The first kappa shape index (κ1) is 17.7. The van der Waals surface area contributed by atoms with Crippen molar-refractivity contribution in [2.75, 3.05) is 6.54 Å². The first-order valence-corrected chi connectivity index (χ1v) is 9.55. The Morgan fingerprint density at radius 2 is 1.84 bits per heavy atom. The first-order chi connectivity index (χ1) is 12.2. The van der Waals surface area contributed by atoms with Crippen LogP contribution in [-0.4, -0.2) is 17.0 Å². The van der Waals surface area contributed by atoms with Gasteiger partial charge in [-0.2, -0.15) is 0 Å². The third kappa shape index (κ3) is 4.31. The quantitative estimate of drug-likeness (QED) is 0.602. The van der Waals surface area contributed by atoms with Crippen LogP contribution in [0.4, 0.5) is 0 Å². The van der Waals surface area contributed by atoms with E-state index in [1.54, 1.807) is 0 Å². The molecule has 3 rings (SSSR count). The summed E-state index contributed by atoms with van der Waals surface area (Å²) in [5, 5.41) is 4.27. The summed E-state index contributed by atoms with van der Waals surface area (Å²) in [6.07, 6.45) is 4.55. The summed E-state index contributed by atoms with van der Waals surface area (Å²) < 4.78 is 3.42. The van der Waals surface area contributed by atoms with Crippen molar-refractivity contribution in [3.05, 3.63) is 70.3 Å². The number of rotatable bonds is 7. The zero-order chi connectivity index (χ0) is 17.6. The van der Waals surface area contributed by atoms with E-state index in [4.69, 9.17) is 0 Å². The van der Waals surface area contributed by atoms with E-state index in [-0.39, 0.29) is 5.91 Å². The second kappa shape index (κ2) is 8.34. The number of benzene rings is 2. The lowest BCUT2D eigenvalue weighted by atomic mass is 10.1. The number of nitrogens with one attached hydrogen (secondary N) is 1. The molecule has 3 aromatic rings. The summed E-state index contributed by atoms with van der Waals surface area (Å²) in [4.78, 5) is 11.7. The lowest BCUT2D eigenvalue weighted by Crippen LogP contribution is -2.25. The number of fused-ring (bicyclic) bond motifs is 1. The Kier molecular flexibility index (Phi) is 5.92. The molecule has 1 amide bonds. The number of hydrogen-bond donors (Lipinski definition) is 1. The zero-order valence-corrected chi connectivity index (χ0v) is 16.1. The first-order valence-electron chi connectivity index (χ1n) is 8.76. The van der Waals surface area contributed by atoms with E-state index < -0.39 is 0 Å². The number of carbonyl (C=O) groups is 1. The number of carbonyl (C=O) groups excluding carboxylic acids is 1. The highest BCUT2D eigenvalue weighted by Crippen LogP contribution is 2.24. The van der Waals surface area contributed by atoms with E-state index in [1.807, 2.05) is 13.0 Å². The molecule has 0 aliphatic carbocycles. The largest absolute Gasteiger partial charge is 0.356 e. The van der Waals surface area contributed by atoms with Gasteiger partial charge in [-0.15, -0.1) is 0 Å². The van der Waals surface area contributed by atoms with Gasteiger partial charge in [0.05, 0.1) is 0 Å². The maximum absolute atomic E-state index is 11.7. The normalized spacial score (nSPS) is 11.0. The van der Waals surface area contributed by atoms with Crippen LogP contribution in [0.15, 0.2) is 59.2 Å². The van der Waals surface area contributed by atoms with Gasteiger partial charge in [-0.05, 0) is 36.1 Å². The van der Waals surface area contributed by atoms with Gasteiger partial charge in [-0.25, -0.2) is 0 Å². The average Bonchev–Trinajstić information content (AvgIpc) is 2.95. The fourth-order valence-electron chi connectivity index (χ4n) is 3.12. The minimum Gasteiger partial charge on any atom is -0.356 e. The Bertz CT molecular complexity index is 869. The Morgan fingerprint density at radius 1 is 1.08 bits per heavy atom. The molecule has 0 aliphatic heterocycles. The van der Waals surface area contributed by atoms with Crippen LogP contribution in [0.3, 0.4) is 0 Å². The molecule has 2 aromatic carbocycles. The number of halogens is 1. The molecule has 1 aromatic heterocycles. The van der Waals surface area contributed by atoms with Crippen molar-refractivity contribution < 1.29 is 4.79 Å². The van der Waals surface area contributed by atoms with Gasteiger partial charge < -0.3 is 9.88 Å². The van der Waals surface area contributed by atoms with Crippen LogP contribution in [0.25, 0.3) is 10.9 Å². The molecule has 25 heavy (non-hydrogen) atoms. The SMILES string of the molecule is CCCC(=O)NCCc1cn(Cc2ccccc2Br)c2ccccc12. The predicted molar refractivity (Wildman–Crippen MR) is 107 cm³/mol. The van der Waals surface area contributed by atoms with Gasteiger partial charge in [0.1, 0.15) is 0 Å². The molecule has 4 heteroatoms. The number of hydrogen-bond acceptors (Lipinski definition) is 1. The maximum atomic E-state index is 11.7. The fourth-order valence-corrected chi connectivity index (χ4v) is 3.53. The van der Waals surface area contributed by atoms with Gasteiger partial charge >= 0.3 is 0 Å². The molecule has 0 fully saturated rings. The second-order valence-corrected chi connectivity index (χ2v) is 7.10. The highest BCUT2D eigenvalue weighted by molar-refractivity contribution is 9.10. The molecule has 1 N–H and O–H groups in total. The van der Waals surface area contributed by atoms with Crippen molar-refractivity contribution >= 4 is 32.7 Å². The van der Waals surface area contributed by atoms with E-state index in [9.17, 15) is 4.79 Å². The van der Waals surface area contributed by atoms with Gasteiger partial charge in [0.25, 0.3) is 0 Å². The number of para-hydroxylation sites is 1. The monoisotopic (exact) mass is 398 g/mol. The van der Waals surface area contributed by atoms with Gasteiger partial charge in [0, 0.05) is 41.1 Å². The Morgan fingerprint density at radius 3 is 2.64 bits per heavy atom. The highest BCUT2D eigenvalue weighted by Gasteiger charge is 2.10. The summed E-state index contributed by atoms with van der Waals surface area (Å²) in [6, 6.07) is 16.8. The molecule has 0 unspecified atom stereocenters. The fraction of sp³-hybridized carbons (Fsp3) is 0.286. The van der Waals surface area contributed by atoms with Crippen molar-refractivity contribution in [3.63, 3.8) is 0 Å². The van der Waals surface area contributed by atoms with Gasteiger partial charge in [0.2, 0.25) is 5.91 Å². The van der Waals surface area contributed by atoms with E-state index in [1.165, 1.54) is 22.0 Å². The lowest BCUT2D eigenvalue weighted by Gasteiger charge is -2.07. The maximum Gasteiger partial charge on any atom is 0.219 e. The summed E-state index contributed by atoms with van der Waals surface area (Å²) >= 11 is 3.64. The van der Waals surface area contributed by atoms with Crippen LogP contribution in [0.1, 0.15) is 30.9 Å². The van der Waals surface area contributed by atoms with Crippen LogP contribution in [0.5, 0.6) is 0 Å². The number of aromatic nitrogens is 1. The highest BCUT2D eigenvalue weighted by atomic mass is 79.9. The van der Waals surface area contributed by atoms with Crippen LogP contribution >= 0.6 is 15.9 Å². The molecule has 0 saturated carbocycles. The third-order valence-corrected chi connectivity index (χ3v) is 5.14. The molecule has 0 bridgehead atoms. The molecule has 0 saturated heterocycles. The van der Waals surface area contributed by atoms with Crippen molar-refractivity contribution in [1.82, 2.24) is 9.88 Å². The molecular weight excluding hydrogens is 376 g/mol. The van der Waals surface area contributed by atoms with Crippen molar-refractivity contribution in [2.45, 2.75) is 32.7 Å². The lowest BCUT2D eigenvalue weighted by molar-refractivity contribution is -0.121. The summed E-state index contributed by atoms with van der Waals surface area (Å²) in [7, 11) is 0. The third-order valence-electron chi connectivity index (χ3n) is 4.36. The van der Waals surface area contributed by atoms with E-state index >= 15 is 0 Å². The predicted octanol–water partition coefficient (Wildman–Crippen LogP) is 4.91. The van der Waals surface area contributed by atoms with Crippen LogP contribution in [0, 0.1) is 0 Å². The van der Waals surface area contributed by atoms with Crippen LogP contribution in [-0.2, 0) is 17.8 Å².